The van der Waals surface area contributed by atoms with Gasteiger partial charge < -0.3 is 0 Å². The van der Waals surface area contributed by atoms with E-state index in [4.69, 9.17) is 0 Å². The van der Waals surface area contributed by atoms with Gasteiger partial charge in [0.1, 0.15) is 0 Å². The van der Waals surface area contributed by atoms with Crippen LogP contribution < -0.4 is 0 Å². The van der Waals surface area contributed by atoms with Gasteiger partial charge >= 0.3 is 0 Å². The molecule has 0 aromatic rings. The first-order valence-corrected chi connectivity index (χ1v) is 8.82. The van der Waals surface area contributed by atoms with E-state index in [-0.39, 0.29) is 0 Å². The van der Waals surface area contributed by atoms with Gasteiger partial charge in [0, 0.05) is 5.37 Å². The highest BCUT2D eigenvalue weighted by molar-refractivity contribution is 7.71. The molecule has 0 aromatic heterocycles. The van der Waals surface area contributed by atoms with Crippen LogP contribution in [0.2, 0.25) is 0 Å². The van der Waals surface area contributed by atoms with Gasteiger partial charge in [-0.1, -0.05) is 77.6 Å². The third-order valence-electron chi connectivity index (χ3n) is 3.31. The maximum absolute atomic E-state index is 10.2. The second-order valence-electron chi connectivity index (χ2n) is 5.10. The molecule has 0 aromatic carbocycles. The Morgan fingerprint density at radius 1 is 0.667 bits per heavy atom. The molecule has 18 heavy (non-hydrogen) atoms. The van der Waals surface area contributed by atoms with E-state index in [0.29, 0.717) is 6.42 Å². The molecule has 0 heterocycles. The SMILES string of the molecule is CCCCCCCCCCCCCCC=S(=O)=O. The van der Waals surface area contributed by atoms with Crippen LogP contribution in [0.15, 0.2) is 0 Å². The van der Waals surface area contributed by atoms with E-state index >= 15 is 0 Å². The molecule has 0 aliphatic rings. The van der Waals surface area contributed by atoms with Crippen molar-refractivity contribution in [1.29, 1.82) is 0 Å². The Morgan fingerprint density at radius 3 is 1.44 bits per heavy atom. The number of rotatable bonds is 13. The van der Waals surface area contributed by atoms with Gasteiger partial charge in [-0.3, -0.25) is 0 Å². The molecule has 0 fully saturated rings. The van der Waals surface area contributed by atoms with Crippen LogP contribution in [0.3, 0.4) is 0 Å². The van der Waals surface area contributed by atoms with Crippen molar-refractivity contribution in [2.75, 3.05) is 0 Å². The lowest BCUT2D eigenvalue weighted by Gasteiger charge is -2.01. The van der Waals surface area contributed by atoms with E-state index in [2.05, 4.69) is 6.92 Å². The molecular formula is C15H30O2S. The first kappa shape index (κ1) is 17.7. The first-order chi connectivity index (χ1) is 8.77. The Balaban J connectivity index is 3.01. The topological polar surface area (TPSA) is 34.1 Å². The molecule has 2 nitrogen and oxygen atoms in total. The van der Waals surface area contributed by atoms with Crippen molar-refractivity contribution in [3.8, 4) is 0 Å². The van der Waals surface area contributed by atoms with Crippen molar-refractivity contribution in [3.05, 3.63) is 0 Å². The lowest BCUT2D eigenvalue weighted by Crippen LogP contribution is -1.83. The minimum atomic E-state index is -1.96. The average Bonchev–Trinajstić information content (AvgIpc) is 2.34. The Hall–Kier alpha value is -0.310. The van der Waals surface area contributed by atoms with Crippen molar-refractivity contribution in [2.24, 2.45) is 0 Å². The van der Waals surface area contributed by atoms with Crippen molar-refractivity contribution in [2.45, 2.75) is 90.4 Å². The second-order valence-corrected chi connectivity index (χ2v) is 5.96. The summed E-state index contributed by atoms with van der Waals surface area (Å²) in [6.07, 6.45) is 16.6. The van der Waals surface area contributed by atoms with Gasteiger partial charge in [0.2, 0.25) is 10.3 Å². The molecule has 0 spiro atoms. The minimum absolute atomic E-state index is 0.716. The quantitative estimate of drug-likeness (QED) is 0.358. The second kappa shape index (κ2) is 14.7. The molecule has 0 rings (SSSR count). The Bertz CT molecular complexity index is 273. The summed E-state index contributed by atoms with van der Waals surface area (Å²) in [6, 6.07) is 0. The minimum Gasteiger partial charge on any atom is -0.185 e. The monoisotopic (exact) mass is 274 g/mol. The molecule has 0 saturated carbocycles. The Kier molecular flexibility index (Phi) is 14.5. The molecule has 0 saturated heterocycles. The summed E-state index contributed by atoms with van der Waals surface area (Å²) in [6.45, 7) is 2.26. The zero-order chi connectivity index (χ0) is 13.5. The highest BCUT2D eigenvalue weighted by Crippen LogP contribution is 2.12. The van der Waals surface area contributed by atoms with Gasteiger partial charge in [0.05, 0.1) is 0 Å². The average molecular weight is 274 g/mol. The lowest BCUT2D eigenvalue weighted by molar-refractivity contribution is 0.546. The Morgan fingerprint density at radius 2 is 1.06 bits per heavy atom. The summed E-state index contributed by atoms with van der Waals surface area (Å²) < 4.78 is 20.5. The van der Waals surface area contributed by atoms with Gasteiger partial charge in [-0.05, 0) is 12.8 Å². The van der Waals surface area contributed by atoms with Crippen LogP contribution in [0.5, 0.6) is 0 Å². The molecule has 0 bridgehead atoms. The van der Waals surface area contributed by atoms with Crippen LogP contribution in [0.1, 0.15) is 90.4 Å². The highest BCUT2D eigenvalue weighted by atomic mass is 32.2. The smallest absolute Gasteiger partial charge is 0.185 e. The molecule has 0 aliphatic carbocycles. The maximum Gasteiger partial charge on any atom is 0.209 e. The third-order valence-corrected chi connectivity index (χ3v) is 3.82. The molecule has 0 amide bonds. The van der Waals surface area contributed by atoms with E-state index in [1.165, 1.54) is 76.0 Å². The summed E-state index contributed by atoms with van der Waals surface area (Å²) >= 11 is 0. The van der Waals surface area contributed by atoms with Crippen LogP contribution in [0, 0.1) is 0 Å². The van der Waals surface area contributed by atoms with Crippen LogP contribution in [-0.2, 0) is 10.3 Å². The van der Waals surface area contributed by atoms with E-state index in [9.17, 15) is 8.42 Å². The molecule has 0 radical (unpaired) electrons. The summed E-state index contributed by atoms with van der Waals surface area (Å²) in [7, 11) is -1.96. The zero-order valence-electron chi connectivity index (χ0n) is 12.0. The molecule has 3 heteroatoms. The van der Waals surface area contributed by atoms with Gasteiger partial charge in [-0.25, -0.2) is 0 Å². The largest absolute Gasteiger partial charge is 0.209 e. The van der Waals surface area contributed by atoms with Crippen molar-refractivity contribution < 1.29 is 8.42 Å². The van der Waals surface area contributed by atoms with Crippen molar-refractivity contribution in [1.82, 2.24) is 0 Å². The fraction of sp³-hybridized carbons (Fsp3) is 0.933. The van der Waals surface area contributed by atoms with Crippen LogP contribution in [0.25, 0.3) is 0 Å². The highest BCUT2D eigenvalue weighted by Gasteiger charge is 1.93. The zero-order valence-corrected chi connectivity index (χ0v) is 12.8. The van der Waals surface area contributed by atoms with E-state index < -0.39 is 10.3 Å². The van der Waals surface area contributed by atoms with Gasteiger partial charge in [0.15, 0.2) is 0 Å². The van der Waals surface area contributed by atoms with Gasteiger partial charge in [0.25, 0.3) is 0 Å². The van der Waals surface area contributed by atoms with Crippen molar-refractivity contribution >= 4 is 15.7 Å². The molecule has 0 N–H and O–H groups in total. The van der Waals surface area contributed by atoms with E-state index in [1.807, 2.05) is 0 Å². The van der Waals surface area contributed by atoms with Crippen LogP contribution in [0.4, 0.5) is 0 Å². The third kappa shape index (κ3) is 15.7. The van der Waals surface area contributed by atoms with E-state index in [0.717, 1.165) is 6.42 Å². The molecule has 0 aliphatic heterocycles. The number of unbranched alkanes of at least 4 members (excludes halogenated alkanes) is 12. The fourth-order valence-corrected chi connectivity index (χ4v) is 2.52. The molecule has 0 atom stereocenters. The predicted molar refractivity (Wildman–Crippen MR) is 80.7 cm³/mol. The molecule has 108 valence electrons. The van der Waals surface area contributed by atoms with Gasteiger partial charge in [-0.2, -0.15) is 8.42 Å². The van der Waals surface area contributed by atoms with Gasteiger partial charge in [-0.15, -0.1) is 0 Å². The normalized spacial score (nSPS) is 10.5. The summed E-state index contributed by atoms with van der Waals surface area (Å²) in [5, 5.41) is 1.37. The standard InChI is InChI=1S/C15H30O2S/c1-2-3-4-5-6-7-8-9-10-11-12-13-14-15-18(16)17/h15H,2-14H2,1H3. The van der Waals surface area contributed by atoms with E-state index in [1.54, 1.807) is 0 Å². The summed E-state index contributed by atoms with van der Waals surface area (Å²) in [5.41, 5.74) is 0. The first-order valence-electron chi connectivity index (χ1n) is 7.68. The number of hydrogen-bond donors (Lipinski definition) is 0. The number of hydrogen-bond acceptors (Lipinski definition) is 2. The van der Waals surface area contributed by atoms with Crippen LogP contribution >= 0.6 is 0 Å². The lowest BCUT2D eigenvalue weighted by atomic mass is 10.1. The molecular weight excluding hydrogens is 244 g/mol. The summed E-state index contributed by atoms with van der Waals surface area (Å²) in [4.78, 5) is 0. The molecule has 0 unspecified atom stereocenters. The summed E-state index contributed by atoms with van der Waals surface area (Å²) in [5.74, 6) is 0. The Labute approximate surface area is 115 Å². The maximum atomic E-state index is 10.2. The predicted octanol–water partition coefficient (Wildman–Crippen LogP) is 4.76. The van der Waals surface area contributed by atoms with Crippen molar-refractivity contribution in [3.63, 3.8) is 0 Å². The fourth-order valence-electron chi connectivity index (χ4n) is 2.16. The van der Waals surface area contributed by atoms with Crippen LogP contribution in [-0.4, -0.2) is 13.8 Å².